The highest BCUT2D eigenvalue weighted by atomic mass is 19.4. The minimum absolute atomic E-state index is 0.0386. The van der Waals surface area contributed by atoms with Gasteiger partial charge in [0, 0.05) is 17.7 Å². The van der Waals surface area contributed by atoms with Gasteiger partial charge in [0.2, 0.25) is 0 Å². The molecule has 1 aromatic carbocycles. The first-order valence-electron chi connectivity index (χ1n) is 5.89. The van der Waals surface area contributed by atoms with E-state index in [1.807, 2.05) is 0 Å². The van der Waals surface area contributed by atoms with E-state index in [-0.39, 0.29) is 16.3 Å². The first kappa shape index (κ1) is 14.5. The number of halogens is 3. The summed E-state index contributed by atoms with van der Waals surface area (Å²) < 4.78 is 39.0. The summed E-state index contributed by atoms with van der Waals surface area (Å²) in [4.78, 5) is 12.1. The van der Waals surface area contributed by atoms with Gasteiger partial charge in [-0.05, 0) is 26.0 Å². The maximum Gasteiger partial charge on any atom is 0.438 e. The summed E-state index contributed by atoms with van der Waals surface area (Å²) in [6.07, 6.45) is -5.72. The molecule has 0 bridgehead atoms. The van der Waals surface area contributed by atoms with Gasteiger partial charge in [0.25, 0.3) is 11.6 Å². The third kappa shape index (κ3) is 2.29. The lowest BCUT2D eigenvalue weighted by molar-refractivity contribution is -0.297. The molecule has 7 heteroatoms. The van der Waals surface area contributed by atoms with Gasteiger partial charge >= 0.3 is 6.18 Å². The van der Waals surface area contributed by atoms with Crippen LogP contribution in [0, 0.1) is 6.92 Å². The number of aryl methyl sites for hydroxylation is 1. The lowest BCUT2D eigenvalue weighted by Crippen LogP contribution is -2.56. The van der Waals surface area contributed by atoms with E-state index >= 15 is 0 Å². The van der Waals surface area contributed by atoms with Gasteiger partial charge in [0.05, 0.1) is 0 Å². The van der Waals surface area contributed by atoms with E-state index < -0.39 is 24.2 Å². The van der Waals surface area contributed by atoms with Crippen LogP contribution in [0.2, 0.25) is 0 Å². The van der Waals surface area contributed by atoms with Crippen molar-refractivity contribution in [2.45, 2.75) is 32.2 Å². The standard InChI is InChI=1S/C13H13F3N2O2/c1-8-3-5-10(6-4-8)11(19)18-12(20,13(14,15)16)7-9(2)17-18/h3-6,20H,7H2,1-2H3/t12-/m1/s1. The van der Waals surface area contributed by atoms with Crippen molar-refractivity contribution >= 4 is 11.6 Å². The number of carbonyl (C=O) groups excluding carboxylic acids is 1. The van der Waals surface area contributed by atoms with E-state index in [2.05, 4.69) is 5.10 Å². The maximum atomic E-state index is 13.0. The number of benzene rings is 1. The molecule has 0 aliphatic carbocycles. The number of carbonyl (C=O) groups is 1. The van der Waals surface area contributed by atoms with Crippen molar-refractivity contribution in [3.05, 3.63) is 35.4 Å². The molecule has 0 spiro atoms. The van der Waals surface area contributed by atoms with Crippen LogP contribution < -0.4 is 0 Å². The molecule has 0 radical (unpaired) electrons. The zero-order valence-corrected chi connectivity index (χ0v) is 10.9. The summed E-state index contributed by atoms with van der Waals surface area (Å²) in [5.74, 6) is -0.985. The van der Waals surface area contributed by atoms with Gasteiger partial charge in [-0.3, -0.25) is 4.79 Å². The SMILES string of the molecule is CC1=NN(C(=O)c2ccc(C)cc2)[C@](O)(C(F)(F)F)C1. The quantitative estimate of drug-likeness (QED) is 0.862. The number of nitrogens with zero attached hydrogens (tertiary/aromatic N) is 2. The predicted octanol–water partition coefficient (Wildman–Crippen LogP) is 2.47. The number of hydrazone groups is 1. The van der Waals surface area contributed by atoms with Crippen molar-refractivity contribution in [3.63, 3.8) is 0 Å². The fraction of sp³-hybridized carbons (Fsp3) is 0.385. The van der Waals surface area contributed by atoms with Gasteiger partial charge in [-0.2, -0.15) is 23.3 Å². The van der Waals surface area contributed by atoms with Crippen molar-refractivity contribution < 1.29 is 23.1 Å². The minimum Gasteiger partial charge on any atom is -0.362 e. The number of alkyl halides is 3. The van der Waals surface area contributed by atoms with E-state index in [0.717, 1.165) is 5.56 Å². The molecule has 1 aliphatic rings. The van der Waals surface area contributed by atoms with Crippen LogP contribution in [-0.2, 0) is 0 Å². The number of hydrogen-bond donors (Lipinski definition) is 1. The van der Waals surface area contributed by atoms with Crippen LogP contribution >= 0.6 is 0 Å². The summed E-state index contributed by atoms with van der Waals surface area (Å²) in [6.45, 7) is 3.12. The van der Waals surface area contributed by atoms with E-state index in [1.165, 1.54) is 19.1 Å². The van der Waals surface area contributed by atoms with Gasteiger partial charge < -0.3 is 5.11 Å². The molecule has 1 aliphatic heterocycles. The third-order valence-corrected chi connectivity index (χ3v) is 3.07. The summed E-state index contributed by atoms with van der Waals surface area (Å²) in [5.41, 5.74) is -2.32. The van der Waals surface area contributed by atoms with Crippen LogP contribution in [0.15, 0.2) is 29.4 Å². The summed E-state index contributed by atoms with van der Waals surface area (Å²) >= 11 is 0. The maximum absolute atomic E-state index is 13.0. The normalized spacial score (nSPS) is 22.9. The second kappa shape index (κ2) is 4.59. The first-order chi connectivity index (χ1) is 9.15. The third-order valence-electron chi connectivity index (χ3n) is 3.07. The molecule has 0 aromatic heterocycles. The van der Waals surface area contributed by atoms with Gasteiger partial charge in [0.1, 0.15) is 0 Å². The number of amides is 1. The zero-order valence-electron chi connectivity index (χ0n) is 10.9. The molecular formula is C13H13F3N2O2. The van der Waals surface area contributed by atoms with Crippen molar-refractivity contribution in [1.82, 2.24) is 5.01 Å². The Morgan fingerprint density at radius 3 is 2.35 bits per heavy atom. The van der Waals surface area contributed by atoms with Crippen molar-refractivity contribution in [3.8, 4) is 0 Å². The van der Waals surface area contributed by atoms with Gasteiger partial charge in [0.15, 0.2) is 0 Å². The second-order valence-corrected chi connectivity index (χ2v) is 4.81. The number of aliphatic hydroxyl groups is 1. The molecule has 2 rings (SSSR count). The Bertz CT molecular complexity index is 566. The Labute approximate surface area is 113 Å². The van der Waals surface area contributed by atoms with Crippen LogP contribution in [-0.4, -0.2) is 33.6 Å². The van der Waals surface area contributed by atoms with E-state index in [9.17, 15) is 23.1 Å². The fourth-order valence-corrected chi connectivity index (χ4v) is 1.97. The van der Waals surface area contributed by atoms with E-state index in [4.69, 9.17) is 0 Å². The largest absolute Gasteiger partial charge is 0.438 e. The van der Waals surface area contributed by atoms with Gasteiger partial charge in [-0.1, -0.05) is 17.7 Å². The summed E-state index contributed by atoms with van der Waals surface area (Å²) in [7, 11) is 0. The molecule has 4 nitrogen and oxygen atoms in total. The zero-order chi connectivity index (χ0) is 15.1. The molecule has 0 saturated heterocycles. The summed E-state index contributed by atoms with van der Waals surface area (Å²) in [6, 6.07) is 6.01. The van der Waals surface area contributed by atoms with Gasteiger partial charge in [-0.15, -0.1) is 0 Å². The van der Waals surface area contributed by atoms with Crippen molar-refractivity contribution in [1.29, 1.82) is 0 Å². The molecule has 1 atom stereocenters. The Hall–Kier alpha value is -1.89. The Morgan fingerprint density at radius 2 is 1.85 bits per heavy atom. The van der Waals surface area contributed by atoms with Crippen LogP contribution in [0.1, 0.15) is 29.3 Å². The van der Waals surface area contributed by atoms with E-state index in [0.29, 0.717) is 0 Å². The fourth-order valence-electron chi connectivity index (χ4n) is 1.97. The van der Waals surface area contributed by atoms with Crippen LogP contribution in [0.4, 0.5) is 13.2 Å². The average Bonchev–Trinajstić information content (AvgIpc) is 2.65. The van der Waals surface area contributed by atoms with Crippen LogP contribution in [0.3, 0.4) is 0 Å². The number of hydrogen-bond acceptors (Lipinski definition) is 3. The molecular weight excluding hydrogens is 273 g/mol. The highest BCUT2D eigenvalue weighted by Crippen LogP contribution is 2.40. The lowest BCUT2D eigenvalue weighted by atomic mass is 10.1. The highest BCUT2D eigenvalue weighted by molar-refractivity contribution is 5.97. The van der Waals surface area contributed by atoms with Crippen molar-refractivity contribution in [2.24, 2.45) is 5.10 Å². The first-order valence-corrected chi connectivity index (χ1v) is 5.89. The Kier molecular flexibility index (Phi) is 3.33. The summed E-state index contributed by atoms with van der Waals surface area (Å²) in [5, 5.41) is 13.5. The van der Waals surface area contributed by atoms with Crippen LogP contribution in [0.25, 0.3) is 0 Å². The topological polar surface area (TPSA) is 52.9 Å². The van der Waals surface area contributed by atoms with Crippen LogP contribution in [0.5, 0.6) is 0 Å². The molecule has 1 heterocycles. The Morgan fingerprint density at radius 1 is 1.30 bits per heavy atom. The van der Waals surface area contributed by atoms with Crippen molar-refractivity contribution in [2.75, 3.05) is 0 Å². The minimum atomic E-state index is -4.98. The molecule has 1 aromatic rings. The molecule has 108 valence electrons. The van der Waals surface area contributed by atoms with Gasteiger partial charge in [-0.25, -0.2) is 0 Å². The molecule has 0 fully saturated rings. The lowest BCUT2D eigenvalue weighted by Gasteiger charge is -2.32. The average molecular weight is 286 g/mol. The smallest absolute Gasteiger partial charge is 0.362 e. The monoisotopic (exact) mass is 286 g/mol. The molecule has 0 saturated carbocycles. The molecule has 1 N–H and O–H groups in total. The molecule has 1 amide bonds. The number of rotatable bonds is 1. The highest BCUT2D eigenvalue weighted by Gasteiger charge is 2.62. The second-order valence-electron chi connectivity index (χ2n) is 4.81. The predicted molar refractivity (Wildman–Crippen MR) is 66.1 cm³/mol. The molecule has 20 heavy (non-hydrogen) atoms. The van der Waals surface area contributed by atoms with E-state index in [1.54, 1.807) is 19.1 Å². The molecule has 0 unspecified atom stereocenters. The Balaban J connectivity index is 2.39.